The number of carbonyl (C=O) groups excluding carboxylic acids is 2. The molecule has 0 fully saturated rings. The van der Waals surface area contributed by atoms with E-state index in [1.165, 1.54) is 16.7 Å². The van der Waals surface area contributed by atoms with Crippen molar-refractivity contribution in [3.05, 3.63) is 69.2 Å². The molecule has 2 aromatic carbocycles. The number of amides is 2. The fourth-order valence-electron chi connectivity index (χ4n) is 3.27. The van der Waals surface area contributed by atoms with Crippen LogP contribution in [-0.4, -0.2) is 34.6 Å². The number of halogens is 1. The van der Waals surface area contributed by atoms with E-state index in [0.29, 0.717) is 12.3 Å². The molecule has 2 rings (SSSR count). The first kappa shape index (κ1) is 24.5. The minimum absolute atomic E-state index is 0.0290. The second-order valence-corrected chi connectivity index (χ2v) is 9.88. The van der Waals surface area contributed by atoms with Gasteiger partial charge in [0.15, 0.2) is 0 Å². The lowest BCUT2D eigenvalue weighted by molar-refractivity contribution is -0.138. The van der Waals surface area contributed by atoms with E-state index in [0.717, 1.165) is 15.8 Å². The van der Waals surface area contributed by atoms with Gasteiger partial charge < -0.3 is 10.2 Å². The Morgan fingerprint density at radius 3 is 2.17 bits per heavy atom. The molecule has 0 saturated heterocycles. The van der Waals surface area contributed by atoms with Gasteiger partial charge in [0.05, 0.1) is 5.75 Å². The molecule has 0 aliphatic rings. The first-order chi connectivity index (χ1) is 14.2. The maximum atomic E-state index is 13.1. The van der Waals surface area contributed by atoms with Crippen molar-refractivity contribution < 1.29 is 9.59 Å². The van der Waals surface area contributed by atoms with E-state index in [4.69, 9.17) is 0 Å². The van der Waals surface area contributed by atoms with Crippen LogP contribution in [0.3, 0.4) is 0 Å². The quantitative estimate of drug-likeness (QED) is 0.522. The normalized spacial score (nSPS) is 12.0. The van der Waals surface area contributed by atoms with E-state index in [1.807, 2.05) is 38.1 Å². The van der Waals surface area contributed by atoms with Crippen molar-refractivity contribution in [3.63, 3.8) is 0 Å². The van der Waals surface area contributed by atoms with Crippen LogP contribution >= 0.6 is 27.7 Å². The minimum Gasteiger partial charge on any atom is -0.352 e. The van der Waals surface area contributed by atoms with Gasteiger partial charge in [-0.2, -0.15) is 0 Å². The molecule has 0 heterocycles. The molecule has 6 heteroatoms. The molecule has 0 bridgehead atoms. The van der Waals surface area contributed by atoms with Crippen molar-refractivity contribution in [1.82, 2.24) is 10.2 Å². The summed E-state index contributed by atoms with van der Waals surface area (Å²) < 4.78 is 0.985. The van der Waals surface area contributed by atoms with Gasteiger partial charge >= 0.3 is 0 Å². The molecule has 4 nitrogen and oxygen atoms in total. The van der Waals surface area contributed by atoms with Crippen LogP contribution in [0.2, 0.25) is 0 Å². The van der Waals surface area contributed by atoms with Gasteiger partial charge in [0.25, 0.3) is 0 Å². The molecule has 0 radical (unpaired) electrons. The highest BCUT2D eigenvalue weighted by molar-refractivity contribution is 9.10. The molecule has 0 aliphatic carbocycles. The topological polar surface area (TPSA) is 49.4 Å². The number of hydrogen-bond donors (Lipinski definition) is 1. The first-order valence-corrected chi connectivity index (χ1v) is 12.1. The largest absolute Gasteiger partial charge is 0.352 e. The van der Waals surface area contributed by atoms with Crippen molar-refractivity contribution in [3.8, 4) is 0 Å². The monoisotopic (exact) mass is 490 g/mol. The molecule has 2 amide bonds. The van der Waals surface area contributed by atoms with E-state index in [-0.39, 0.29) is 17.9 Å². The SMILES string of the molecule is Cc1cc(C)cc(CSCC(=O)N(Cc2ccc(Br)cc2)C(C)C(=O)NC(C)C)c1. The number of aryl methyl sites for hydroxylation is 2. The van der Waals surface area contributed by atoms with E-state index >= 15 is 0 Å². The maximum Gasteiger partial charge on any atom is 0.242 e. The number of nitrogens with zero attached hydrogens (tertiary/aromatic N) is 1. The van der Waals surface area contributed by atoms with Gasteiger partial charge in [-0.1, -0.05) is 57.4 Å². The van der Waals surface area contributed by atoms with Crippen LogP contribution in [-0.2, 0) is 21.9 Å². The summed E-state index contributed by atoms with van der Waals surface area (Å²) in [6.45, 7) is 10.2. The van der Waals surface area contributed by atoms with Crippen LogP contribution in [0.15, 0.2) is 46.9 Å². The van der Waals surface area contributed by atoms with Crippen LogP contribution < -0.4 is 5.32 Å². The minimum atomic E-state index is -0.537. The second-order valence-electron chi connectivity index (χ2n) is 7.98. The molecule has 30 heavy (non-hydrogen) atoms. The average Bonchev–Trinajstić information content (AvgIpc) is 2.65. The van der Waals surface area contributed by atoms with Crippen LogP contribution in [0, 0.1) is 13.8 Å². The summed E-state index contributed by atoms with van der Waals surface area (Å²) in [6.07, 6.45) is 0. The molecule has 2 aromatic rings. The number of rotatable bonds is 9. The van der Waals surface area contributed by atoms with Gasteiger partial charge in [0.2, 0.25) is 11.8 Å². The Labute approximate surface area is 192 Å². The zero-order valence-electron chi connectivity index (χ0n) is 18.4. The number of nitrogens with one attached hydrogen (secondary N) is 1. The first-order valence-electron chi connectivity index (χ1n) is 10.1. The number of thioether (sulfide) groups is 1. The molecule has 1 N–H and O–H groups in total. The van der Waals surface area contributed by atoms with Crippen molar-refractivity contribution in [2.75, 3.05) is 5.75 Å². The number of carbonyl (C=O) groups is 2. The van der Waals surface area contributed by atoms with Gasteiger partial charge in [-0.3, -0.25) is 9.59 Å². The third-order valence-electron chi connectivity index (χ3n) is 4.64. The molecule has 1 atom stereocenters. The Morgan fingerprint density at radius 1 is 1.00 bits per heavy atom. The Hall–Kier alpha value is -1.79. The zero-order chi connectivity index (χ0) is 22.3. The highest BCUT2D eigenvalue weighted by Gasteiger charge is 2.26. The van der Waals surface area contributed by atoms with Gasteiger partial charge in [0, 0.05) is 22.8 Å². The lowest BCUT2D eigenvalue weighted by Gasteiger charge is -2.29. The second kappa shape index (κ2) is 11.6. The fraction of sp³-hybridized carbons (Fsp3) is 0.417. The lowest BCUT2D eigenvalue weighted by Crippen LogP contribution is -2.49. The van der Waals surface area contributed by atoms with Crippen LogP contribution in [0.5, 0.6) is 0 Å². The van der Waals surface area contributed by atoms with Crippen LogP contribution in [0.25, 0.3) is 0 Å². The third-order valence-corrected chi connectivity index (χ3v) is 6.16. The van der Waals surface area contributed by atoms with Gasteiger partial charge in [0.1, 0.15) is 6.04 Å². The molecule has 162 valence electrons. The van der Waals surface area contributed by atoms with E-state index in [9.17, 15) is 9.59 Å². The standard InChI is InChI=1S/C24H31BrN2O2S/c1-16(2)26-24(29)19(5)27(13-20-6-8-22(25)9-7-20)23(28)15-30-14-21-11-17(3)10-18(4)12-21/h6-12,16,19H,13-15H2,1-5H3,(H,26,29). The Bertz CT molecular complexity index is 848. The molecule has 1 unspecified atom stereocenters. The summed E-state index contributed by atoms with van der Waals surface area (Å²) in [6, 6.07) is 13.8. The van der Waals surface area contributed by atoms with Crippen LogP contribution in [0.1, 0.15) is 43.0 Å². The van der Waals surface area contributed by atoms with Crippen LogP contribution in [0.4, 0.5) is 0 Å². The molecule has 0 aliphatic heterocycles. The van der Waals surface area contributed by atoms with Gasteiger partial charge in [-0.25, -0.2) is 0 Å². The van der Waals surface area contributed by atoms with E-state index < -0.39 is 6.04 Å². The van der Waals surface area contributed by atoms with E-state index in [2.05, 4.69) is 53.3 Å². The van der Waals surface area contributed by atoms with Crippen molar-refractivity contribution in [1.29, 1.82) is 0 Å². The highest BCUT2D eigenvalue weighted by Crippen LogP contribution is 2.19. The summed E-state index contributed by atoms with van der Waals surface area (Å²) in [5.74, 6) is 0.948. The Balaban J connectivity index is 2.08. The average molecular weight is 491 g/mol. The summed E-state index contributed by atoms with van der Waals surface area (Å²) in [5.41, 5.74) is 4.67. The highest BCUT2D eigenvalue weighted by atomic mass is 79.9. The lowest BCUT2D eigenvalue weighted by atomic mass is 10.1. The van der Waals surface area contributed by atoms with Crippen molar-refractivity contribution in [2.45, 2.75) is 59.0 Å². The van der Waals surface area contributed by atoms with E-state index in [1.54, 1.807) is 23.6 Å². The summed E-state index contributed by atoms with van der Waals surface area (Å²) >= 11 is 5.02. The van der Waals surface area contributed by atoms with Gasteiger partial charge in [-0.05, 0) is 57.9 Å². The fourth-order valence-corrected chi connectivity index (χ4v) is 4.37. The number of hydrogen-bond acceptors (Lipinski definition) is 3. The summed E-state index contributed by atoms with van der Waals surface area (Å²) in [5, 5.41) is 2.92. The maximum absolute atomic E-state index is 13.1. The predicted octanol–water partition coefficient (Wildman–Crippen LogP) is 5.24. The molecular weight excluding hydrogens is 460 g/mol. The van der Waals surface area contributed by atoms with Crippen molar-refractivity contribution in [2.24, 2.45) is 0 Å². The molecule has 0 saturated carbocycles. The van der Waals surface area contributed by atoms with Gasteiger partial charge in [-0.15, -0.1) is 11.8 Å². The Kier molecular flexibility index (Phi) is 9.43. The Morgan fingerprint density at radius 2 is 1.60 bits per heavy atom. The molecular formula is C24H31BrN2O2S. The van der Waals surface area contributed by atoms with Crippen molar-refractivity contribution >= 4 is 39.5 Å². The zero-order valence-corrected chi connectivity index (χ0v) is 20.8. The smallest absolute Gasteiger partial charge is 0.242 e. The molecule has 0 spiro atoms. The summed E-state index contributed by atoms with van der Waals surface area (Å²) in [7, 11) is 0. The molecule has 0 aromatic heterocycles. The third kappa shape index (κ3) is 7.80. The summed E-state index contributed by atoms with van der Waals surface area (Å²) in [4.78, 5) is 27.4. The predicted molar refractivity (Wildman–Crippen MR) is 130 cm³/mol. The number of benzene rings is 2.